The van der Waals surface area contributed by atoms with E-state index in [0.717, 1.165) is 22.3 Å². The third-order valence-electron chi connectivity index (χ3n) is 3.44. The third-order valence-corrected chi connectivity index (χ3v) is 4.07. The fraction of sp³-hybridized carbons (Fsp3) is 0.200. The summed E-state index contributed by atoms with van der Waals surface area (Å²) in [4.78, 5) is 16.5. The van der Waals surface area contributed by atoms with Crippen LogP contribution in [0.3, 0.4) is 0 Å². The lowest BCUT2D eigenvalue weighted by Crippen LogP contribution is -2.35. The summed E-state index contributed by atoms with van der Waals surface area (Å²) >= 11 is 3.39. The molecular formula is C15H14BrN3O. The Labute approximate surface area is 125 Å². The molecule has 1 aliphatic heterocycles. The van der Waals surface area contributed by atoms with Gasteiger partial charge in [0.2, 0.25) is 5.91 Å². The number of amides is 1. The average molecular weight is 332 g/mol. The smallest absolute Gasteiger partial charge is 0.233 e. The van der Waals surface area contributed by atoms with Crippen molar-refractivity contribution in [3.63, 3.8) is 0 Å². The maximum atomic E-state index is 12.5. The first-order chi connectivity index (χ1) is 9.75. The Bertz CT molecular complexity index is 645. The van der Waals surface area contributed by atoms with Crippen molar-refractivity contribution in [2.75, 3.05) is 11.9 Å². The minimum atomic E-state index is -0.167. The van der Waals surface area contributed by atoms with Crippen LogP contribution in [-0.2, 0) is 11.3 Å². The molecule has 3 rings (SSSR count). The van der Waals surface area contributed by atoms with Crippen LogP contribution in [0.5, 0.6) is 0 Å². The van der Waals surface area contributed by atoms with E-state index in [1.54, 1.807) is 18.5 Å². The summed E-state index contributed by atoms with van der Waals surface area (Å²) in [5.74, 6) is -0.170. The van der Waals surface area contributed by atoms with E-state index >= 15 is 0 Å². The SMILES string of the molecule is O=C(Nc1ccncc1Br)C1CNCc2ccccc21. The zero-order chi connectivity index (χ0) is 13.9. The van der Waals surface area contributed by atoms with Crippen LogP contribution in [0.25, 0.3) is 0 Å². The first kappa shape index (κ1) is 13.3. The molecule has 5 heteroatoms. The van der Waals surface area contributed by atoms with Crippen LogP contribution >= 0.6 is 15.9 Å². The monoisotopic (exact) mass is 331 g/mol. The number of pyridine rings is 1. The van der Waals surface area contributed by atoms with Crippen molar-refractivity contribution in [1.82, 2.24) is 10.3 Å². The largest absolute Gasteiger partial charge is 0.324 e. The molecule has 0 aliphatic carbocycles. The maximum Gasteiger partial charge on any atom is 0.233 e. The van der Waals surface area contributed by atoms with Gasteiger partial charge < -0.3 is 10.6 Å². The van der Waals surface area contributed by atoms with Gasteiger partial charge in [-0.3, -0.25) is 9.78 Å². The van der Waals surface area contributed by atoms with Gasteiger partial charge in [-0.15, -0.1) is 0 Å². The fourth-order valence-corrected chi connectivity index (χ4v) is 2.78. The zero-order valence-corrected chi connectivity index (χ0v) is 12.4. The number of hydrogen-bond donors (Lipinski definition) is 2. The molecule has 1 aliphatic rings. The second-order valence-electron chi connectivity index (χ2n) is 4.73. The van der Waals surface area contributed by atoms with E-state index in [0.29, 0.717) is 6.54 Å². The van der Waals surface area contributed by atoms with E-state index in [4.69, 9.17) is 0 Å². The highest BCUT2D eigenvalue weighted by Gasteiger charge is 2.26. The van der Waals surface area contributed by atoms with Gasteiger partial charge in [-0.25, -0.2) is 0 Å². The van der Waals surface area contributed by atoms with E-state index in [1.165, 1.54) is 5.56 Å². The molecule has 102 valence electrons. The molecule has 1 aromatic heterocycles. The van der Waals surface area contributed by atoms with E-state index in [-0.39, 0.29) is 11.8 Å². The van der Waals surface area contributed by atoms with Crippen LogP contribution in [0.4, 0.5) is 5.69 Å². The lowest BCUT2D eigenvalue weighted by molar-refractivity contribution is -0.117. The molecule has 0 fully saturated rings. The number of carbonyl (C=O) groups is 1. The van der Waals surface area contributed by atoms with Gasteiger partial charge in [0.1, 0.15) is 0 Å². The van der Waals surface area contributed by atoms with E-state index < -0.39 is 0 Å². The summed E-state index contributed by atoms with van der Waals surface area (Å²) in [6.45, 7) is 1.48. The molecule has 2 N–H and O–H groups in total. The van der Waals surface area contributed by atoms with Crippen molar-refractivity contribution >= 4 is 27.5 Å². The van der Waals surface area contributed by atoms with Crippen LogP contribution in [-0.4, -0.2) is 17.4 Å². The summed E-state index contributed by atoms with van der Waals surface area (Å²) in [6, 6.07) is 9.85. The van der Waals surface area contributed by atoms with Gasteiger partial charge in [0, 0.05) is 25.5 Å². The first-order valence-corrected chi connectivity index (χ1v) is 7.24. The second kappa shape index (κ2) is 5.73. The van der Waals surface area contributed by atoms with Gasteiger partial charge in [-0.2, -0.15) is 0 Å². The summed E-state index contributed by atoms with van der Waals surface area (Å²) < 4.78 is 0.783. The van der Waals surface area contributed by atoms with Crippen molar-refractivity contribution in [1.29, 1.82) is 0 Å². The lowest BCUT2D eigenvalue weighted by atomic mass is 9.90. The molecule has 1 aromatic carbocycles. The third kappa shape index (κ3) is 2.59. The van der Waals surface area contributed by atoms with Gasteiger partial charge in [-0.05, 0) is 33.1 Å². The fourth-order valence-electron chi connectivity index (χ4n) is 2.43. The van der Waals surface area contributed by atoms with E-state index in [1.807, 2.05) is 18.2 Å². The topological polar surface area (TPSA) is 54.0 Å². The molecule has 0 spiro atoms. The standard InChI is InChI=1S/C15H14BrN3O/c16-13-9-17-6-5-14(13)19-15(20)12-8-18-7-10-3-1-2-4-11(10)12/h1-6,9,12,18H,7-8H2,(H,17,19,20). The lowest BCUT2D eigenvalue weighted by Gasteiger charge is -2.25. The van der Waals surface area contributed by atoms with Crippen LogP contribution in [0, 0.1) is 0 Å². The quantitative estimate of drug-likeness (QED) is 0.889. The van der Waals surface area contributed by atoms with Gasteiger partial charge in [0.15, 0.2) is 0 Å². The van der Waals surface area contributed by atoms with E-state index in [9.17, 15) is 4.79 Å². The molecule has 0 bridgehead atoms. The van der Waals surface area contributed by atoms with Crippen molar-refractivity contribution in [3.05, 3.63) is 58.3 Å². The number of halogens is 1. The summed E-state index contributed by atoms with van der Waals surface area (Å²) in [7, 11) is 0. The Morgan fingerprint density at radius 3 is 3.05 bits per heavy atom. The number of carbonyl (C=O) groups excluding carboxylic acids is 1. The van der Waals surface area contributed by atoms with E-state index in [2.05, 4.69) is 37.6 Å². The Balaban J connectivity index is 1.84. The number of fused-ring (bicyclic) bond motifs is 1. The first-order valence-electron chi connectivity index (χ1n) is 6.44. The molecule has 2 heterocycles. The highest BCUT2D eigenvalue weighted by Crippen LogP contribution is 2.27. The number of aromatic nitrogens is 1. The molecule has 0 saturated carbocycles. The molecule has 20 heavy (non-hydrogen) atoms. The Morgan fingerprint density at radius 1 is 1.35 bits per heavy atom. The second-order valence-corrected chi connectivity index (χ2v) is 5.58. The predicted octanol–water partition coefficient (Wildman–Crippen LogP) is 2.67. The molecule has 2 aromatic rings. The Kier molecular flexibility index (Phi) is 3.80. The molecule has 1 unspecified atom stereocenters. The summed E-state index contributed by atoms with van der Waals surface area (Å²) in [5.41, 5.74) is 3.04. The van der Waals surface area contributed by atoms with Crippen LogP contribution in [0.1, 0.15) is 17.0 Å². The van der Waals surface area contributed by atoms with Gasteiger partial charge in [0.25, 0.3) is 0 Å². The van der Waals surface area contributed by atoms with Gasteiger partial charge in [0.05, 0.1) is 16.1 Å². The molecule has 1 atom stereocenters. The molecule has 0 radical (unpaired) electrons. The Morgan fingerprint density at radius 2 is 2.20 bits per heavy atom. The van der Waals surface area contributed by atoms with Crippen LogP contribution in [0.15, 0.2) is 47.2 Å². The molecule has 0 saturated heterocycles. The number of rotatable bonds is 2. The summed E-state index contributed by atoms with van der Waals surface area (Å²) in [6.07, 6.45) is 3.33. The van der Waals surface area contributed by atoms with Crippen molar-refractivity contribution in [2.45, 2.75) is 12.5 Å². The van der Waals surface area contributed by atoms with Crippen molar-refractivity contribution < 1.29 is 4.79 Å². The molecule has 1 amide bonds. The average Bonchev–Trinajstić information content (AvgIpc) is 2.49. The highest BCUT2D eigenvalue weighted by atomic mass is 79.9. The number of benzene rings is 1. The van der Waals surface area contributed by atoms with Gasteiger partial charge in [-0.1, -0.05) is 24.3 Å². The maximum absolute atomic E-state index is 12.5. The van der Waals surface area contributed by atoms with Gasteiger partial charge >= 0.3 is 0 Å². The van der Waals surface area contributed by atoms with Crippen LogP contribution < -0.4 is 10.6 Å². The number of hydrogen-bond acceptors (Lipinski definition) is 3. The number of nitrogens with zero attached hydrogens (tertiary/aromatic N) is 1. The predicted molar refractivity (Wildman–Crippen MR) is 81.5 cm³/mol. The van der Waals surface area contributed by atoms with Crippen molar-refractivity contribution in [3.8, 4) is 0 Å². The van der Waals surface area contributed by atoms with Crippen molar-refractivity contribution in [2.24, 2.45) is 0 Å². The zero-order valence-electron chi connectivity index (χ0n) is 10.8. The highest BCUT2D eigenvalue weighted by molar-refractivity contribution is 9.10. The summed E-state index contributed by atoms with van der Waals surface area (Å²) in [5, 5.41) is 6.24. The molecule has 4 nitrogen and oxygen atoms in total. The minimum absolute atomic E-state index is 0.00319. The number of nitrogens with one attached hydrogen (secondary N) is 2. The number of anilines is 1. The normalized spacial score (nSPS) is 17.4. The van der Waals surface area contributed by atoms with Crippen LogP contribution in [0.2, 0.25) is 0 Å². The Hall–Kier alpha value is -1.72. The molecular weight excluding hydrogens is 318 g/mol. The minimum Gasteiger partial charge on any atom is -0.324 e.